The van der Waals surface area contributed by atoms with Crippen LogP contribution in [0.5, 0.6) is 0 Å². The van der Waals surface area contributed by atoms with E-state index in [-0.39, 0.29) is 42.5 Å². The largest absolute Gasteiger partial charge is 0.322 e. The van der Waals surface area contributed by atoms with Gasteiger partial charge in [0.1, 0.15) is 0 Å². The van der Waals surface area contributed by atoms with E-state index in [2.05, 4.69) is 5.32 Å². The quantitative estimate of drug-likeness (QED) is 0.220. The number of hydrogen-bond acceptors (Lipinski definition) is 3. The molecule has 0 aromatic heterocycles. The number of rotatable bonds is 3. The Kier molecular flexibility index (Phi) is 6.14. The number of anilines is 2. The first kappa shape index (κ1) is 22.9. The highest BCUT2D eigenvalue weighted by Crippen LogP contribution is 2.46. The summed E-state index contributed by atoms with van der Waals surface area (Å²) >= 11 is 30.6. The molecule has 1 N–H and O–H groups in total. The Hall–Kier alpha value is -2.28. The summed E-state index contributed by atoms with van der Waals surface area (Å²) in [7, 11) is 0. The Morgan fingerprint density at radius 2 is 1.38 bits per heavy atom. The predicted octanol–water partition coefficient (Wildman–Crippen LogP) is 7.31. The third-order valence-corrected chi connectivity index (χ3v) is 6.98. The lowest BCUT2D eigenvalue weighted by Gasteiger charge is -2.18. The molecule has 0 unspecified atom stereocenters. The number of fused-ring (bicyclic) bond motifs is 1. The number of para-hydroxylation sites is 1. The predicted molar refractivity (Wildman–Crippen MR) is 128 cm³/mol. The van der Waals surface area contributed by atoms with Crippen LogP contribution in [0, 0.1) is 6.92 Å². The number of nitrogens with zero attached hydrogens (tertiary/aromatic N) is 1. The van der Waals surface area contributed by atoms with E-state index >= 15 is 0 Å². The summed E-state index contributed by atoms with van der Waals surface area (Å²) in [6, 6.07) is 11.2. The van der Waals surface area contributed by atoms with Crippen molar-refractivity contribution in [2.45, 2.75) is 6.92 Å². The van der Waals surface area contributed by atoms with Crippen molar-refractivity contribution >= 4 is 87.1 Å². The summed E-state index contributed by atoms with van der Waals surface area (Å²) in [6.07, 6.45) is 0. The standard InChI is InChI=1S/C22H11Cl5N2O3/c1-9-6-7-10(23)8-12(9)28-20(30)11-4-2-3-5-13(11)29-21(31)14-15(22(29)32)17(25)19(27)18(26)16(14)24/h2-8H,1H3,(H,28,30). The lowest BCUT2D eigenvalue weighted by Crippen LogP contribution is -2.31. The molecule has 0 fully saturated rings. The number of amides is 3. The van der Waals surface area contributed by atoms with Gasteiger partial charge in [-0.2, -0.15) is 0 Å². The van der Waals surface area contributed by atoms with E-state index < -0.39 is 17.7 Å². The molecule has 0 aliphatic carbocycles. The van der Waals surface area contributed by atoms with Gasteiger partial charge in [0.15, 0.2) is 0 Å². The minimum Gasteiger partial charge on any atom is -0.322 e. The monoisotopic (exact) mass is 526 g/mol. The Morgan fingerprint density at radius 1 is 0.812 bits per heavy atom. The molecule has 3 amide bonds. The minimum absolute atomic E-state index is 0.0512. The topological polar surface area (TPSA) is 66.5 Å². The third-order valence-electron chi connectivity index (χ3n) is 4.94. The van der Waals surface area contributed by atoms with Crippen molar-refractivity contribution in [3.63, 3.8) is 0 Å². The Balaban J connectivity index is 1.79. The second-order valence-corrected chi connectivity index (χ2v) is 8.83. The van der Waals surface area contributed by atoms with Crippen molar-refractivity contribution in [2.24, 2.45) is 0 Å². The van der Waals surface area contributed by atoms with Crippen molar-refractivity contribution in [2.75, 3.05) is 10.2 Å². The average Bonchev–Trinajstić information content (AvgIpc) is 3.03. The fraction of sp³-hybridized carbons (Fsp3) is 0.0455. The molecule has 0 spiro atoms. The highest BCUT2D eigenvalue weighted by Gasteiger charge is 2.43. The summed E-state index contributed by atoms with van der Waals surface area (Å²) in [4.78, 5) is 40.3. The first-order valence-electron chi connectivity index (χ1n) is 9.04. The lowest BCUT2D eigenvalue weighted by atomic mass is 10.1. The first-order chi connectivity index (χ1) is 15.1. The SMILES string of the molecule is Cc1ccc(Cl)cc1NC(=O)c1ccccc1N1C(=O)c2c(Cl)c(Cl)c(Cl)c(Cl)c2C1=O. The number of carbonyl (C=O) groups is 3. The molecule has 0 bridgehead atoms. The van der Waals surface area contributed by atoms with Gasteiger partial charge < -0.3 is 5.32 Å². The fourth-order valence-corrected chi connectivity index (χ4v) is 4.53. The zero-order valence-corrected chi connectivity index (χ0v) is 19.9. The van der Waals surface area contributed by atoms with Gasteiger partial charge in [0, 0.05) is 10.7 Å². The van der Waals surface area contributed by atoms with Crippen molar-refractivity contribution < 1.29 is 14.4 Å². The summed E-state index contributed by atoms with van der Waals surface area (Å²) in [6.45, 7) is 1.81. The summed E-state index contributed by atoms with van der Waals surface area (Å²) in [5.41, 5.74) is 1.06. The maximum atomic E-state index is 13.2. The molecule has 4 rings (SSSR count). The second-order valence-electron chi connectivity index (χ2n) is 6.88. The molecule has 0 radical (unpaired) electrons. The van der Waals surface area contributed by atoms with Crippen LogP contribution in [0.2, 0.25) is 25.1 Å². The number of halogens is 5. The van der Waals surface area contributed by atoms with Crippen LogP contribution in [-0.2, 0) is 0 Å². The Bertz CT molecular complexity index is 1290. The van der Waals surface area contributed by atoms with E-state index in [0.29, 0.717) is 10.7 Å². The molecule has 3 aromatic carbocycles. The molecule has 162 valence electrons. The number of nitrogens with one attached hydrogen (secondary N) is 1. The van der Waals surface area contributed by atoms with Gasteiger partial charge in [0.05, 0.1) is 42.5 Å². The smallest absolute Gasteiger partial charge is 0.267 e. The zero-order valence-electron chi connectivity index (χ0n) is 16.1. The normalized spacial score (nSPS) is 12.9. The van der Waals surface area contributed by atoms with E-state index in [1.807, 2.05) is 0 Å². The number of hydrogen-bond donors (Lipinski definition) is 1. The second kappa shape index (κ2) is 8.58. The van der Waals surface area contributed by atoms with E-state index in [1.54, 1.807) is 37.3 Å². The van der Waals surface area contributed by atoms with E-state index in [1.165, 1.54) is 12.1 Å². The van der Waals surface area contributed by atoms with Crippen LogP contribution in [0.4, 0.5) is 11.4 Å². The molecular formula is C22H11Cl5N2O3. The number of carbonyl (C=O) groups excluding carboxylic acids is 3. The molecule has 0 saturated carbocycles. The molecule has 10 heteroatoms. The maximum absolute atomic E-state index is 13.2. The molecule has 3 aromatic rings. The van der Waals surface area contributed by atoms with Crippen LogP contribution in [-0.4, -0.2) is 17.7 Å². The molecular weight excluding hydrogens is 518 g/mol. The molecule has 0 atom stereocenters. The fourth-order valence-electron chi connectivity index (χ4n) is 3.35. The van der Waals surface area contributed by atoms with Crippen molar-refractivity contribution in [1.29, 1.82) is 0 Å². The molecule has 5 nitrogen and oxygen atoms in total. The van der Waals surface area contributed by atoms with E-state index in [9.17, 15) is 14.4 Å². The lowest BCUT2D eigenvalue weighted by molar-refractivity contribution is 0.0926. The number of aryl methyl sites for hydroxylation is 1. The van der Waals surface area contributed by atoms with Crippen LogP contribution in [0.15, 0.2) is 42.5 Å². The van der Waals surface area contributed by atoms with Gasteiger partial charge in [0.2, 0.25) is 0 Å². The van der Waals surface area contributed by atoms with Crippen molar-refractivity contribution in [3.05, 3.63) is 89.8 Å². The van der Waals surface area contributed by atoms with Gasteiger partial charge in [0.25, 0.3) is 17.7 Å². The Morgan fingerprint density at radius 3 is 1.97 bits per heavy atom. The van der Waals surface area contributed by atoms with Crippen LogP contribution in [0.1, 0.15) is 36.6 Å². The van der Waals surface area contributed by atoms with Crippen molar-refractivity contribution in [1.82, 2.24) is 0 Å². The maximum Gasteiger partial charge on any atom is 0.267 e. The van der Waals surface area contributed by atoms with Crippen LogP contribution in [0.25, 0.3) is 0 Å². The number of benzene rings is 3. The highest BCUT2D eigenvalue weighted by molar-refractivity contribution is 6.56. The third kappa shape index (κ3) is 3.64. The van der Waals surface area contributed by atoms with E-state index in [0.717, 1.165) is 10.5 Å². The van der Waals surface area contributed by atoms with Crippen molar-refractivity contribution in [3.8, 4) is 0 Å². The molecule has 32 heavy (non-hydrogen) atoms. The number of imide groups is 1. The van der Waals surface area contributed by atoms with Gasteiger partial charge >= 0.3 is 0 Å². The molecule has 1 aliphatic rings. The molecule has 1 aliphatic heterocycles. The van der Waals surface area contributed by atoms with Gasteiger partial charge in [-0.25, -0.2) is 4.90 Å². The van der Waals surface area contributed by atoms with Gasteiger partial charge in [-0.1, -0.05) is 76.2 Å². The Labute approximate surface area is 207 Å². The minimum atomic E-state index is -0.769. The van der Waals surface area contributed by atoms with Gasteiger partial charge in [-0.15, -0.1) is 0 Å². The summed E-state index contributed by atoms with van der Waals surface area (Å²) in [5.74, 6) is -2.08. The van der Waals surface area contributed by atoms with Crippen LogP contribution in [0.3, 0.4) is 0 Å². The summed E-state index contributed by atoms with van der Waals surface area (Å²) in [5, 5.41) is 2.55. The van der Waals surface area contributed by atoms with Gasteiger partial charge in [-0.05, 0) is 36.8 Å². The average molecular weight is 529 g/mol. The molecule has 0 saturated heterocycles. The molecule has 1 heterocycles. The van der Waals surface area contributed by atoms with Gasteiger partial charge in [-0.3, -0.25) is 14.4 Å². The first-order valence-corrected chi connectivity index (χ1v) is 10.9. The van der Waals surface area contributed by atoms with Crippen LogP contribution < -0.4 is 10.2 Å². The van der Waals surface area contributed by atoms with Crippen LogP contribution >= 0.6 is 58.0 Å². The zero-order chi connectivity index (χ0) is 23.3. The highest BCUT2D eigenvalue weighted by atomic mass is 35.5. The summed E-state index contributed by atoms with van der Waals surface area (Å²) < 4.78 is 0. The van der Waals surface area contributed by atoms with E-state index in [4.69, 9.17) is 58.0 Å².